The van der Waals surface area contributed by atoms with Crippen molar-refractivity contribution in [3.63, 3.8) is 0 Å². The molecule has 2 atom stereocenters. The average molecular weight is 326 g/mol. The maximum absolute atomic E-state index is 13.1. The molecule has 1 aromatic heterocycles. The third kappa shape index (κ3) is 2.58. The van der Waals surface area contributed by atoms with Gasteiger partial charge in [0.2, 0.25) is 5.91 Å². The lowest BCUT2D eigenvalue weighted by molar-refractivity contribution is -0.129. The zero-order valence-corrected chi connectivity index (χ0v) is 14.1. The fourth-order valence-corrected chi connectivity index (χ4v) is 4.06. The van der Waals surface area contributed by atoms with E-state index in [2.05, 4.69) is 0 Å². The standard InChI is InChI=1S/C19H22N2O3/c1-12-7-16-8-15(4-6-18(16)24-12)19(23)21-10-14-3-5-17(21)11-20(9-14)13(2)22/h4,6-8,14,17H,3,5,9-11H2,1-2H3/t14-,17+/m0/s1. The molecular formula is C19H22N2O3. The van der Waals surface area contributed by atoms with Gasteiger partial charge >= 0.3 is 0 Å². The van der Waals surface area contributed by atoms with E-state index in [9.17, 15) is 9.59 Å². The number of piperidine rings is 1. The van der Waals surface area contributed by atoms with Crippen LogP contribution in [0.4, 0.5) is 0 Å². The Morgan fingerprint density at radius 1 is 1.12 bits per heavy atom. The number of hydrogen-bond acceptors (Lipinski definition) is 3. The third-order valence-electron chi connectivity index (χ3n) is 5.31. The van der Waals surface area contributed by atoms with Crippen LogP contribution in [0, 0.1) is 12.8 Å². The van der Waals surface area contributed by atoms with E-state index in [4.69, 9.17) is 4.42 Å². The van der Waals surface area contributed by atoms with Crippen molar-refractivity contribution < 1.29 is 14.0 Å². The van der Waals surface area contributed by atoms with Gasteiger partial charge in [0, 0.05) is 43.5 Å². The lowest BCUT2D eigenvalue weighted by Crippen LogP contribution is -2.47. The van der Waals surface area contributed by atoms with E-state index in [1.165, 1.54) is 0 Å². The molecule has 24 heavy (non-hydrogen) atoms. The van der Waals surface area contributed by atoms with Gasteiger partial charge in [0.1, 0.15) is 11.3 Å². The monoisotopic (exact) mass is 326 g/mol. The lowest BCUT2D eigenvalue weighted by atomic mass is 9.94. The summed E-state index contributed by atoms with van der Waals surface area (Å²) in [7, 11) is 0. The molecule has 3 aliphatic heterocycles. The van der Waals surface area contributed by atoms with Crippen LogP contribution in [0.15, 0.2) is 28.7 Å². The van der Waals surface area contributed by atoms with E-state index in [1.54, 1.807) is 6.92 Å². The molecule has 3 fully saturated rings. The molecule has 4 heterocycles. The molecule has 5 rings (SSSR count). The summed E-state index contributed by atoms with van der Waals surface area (Å²) in [5.74, 6) is 1.41. The molecule has 0 unspecified atom stereocenters. The van der Waals surface area contributed by atoms with Gasteiger partial charge in [-0.05, 0) is 49.9 Å². The van der Waals surface area contributed by atoms with Crippen LogP contribution in [-0.4, -0.2) is 47.3 Å². The minimum atomic E-state index is 0.0656. The van der Waals surface area contributed by atoms with E-state index in [0.29, 0.717) is 18.0 Å². The highest BCUT2D eigenvalue weighted by Crippen LogP contribution is 2.30. The quantitative estimate of drug-likeness (QED) is 0.810. The highest BCUT2D eigenvalue weighted by atomic mass is 16.3. The van der Waals surface area contributed by atoms with Crippen molar-refractivity contribution in [2.24, 2.45) is 5.92 Å². The topological polar surface area (TPSA) is 53.8 Å². The number of benzene rings is 1. The second kappa shape index (κ2) is 5.65. The molecule has 0 spiro atoms. The molecule has 0 saturated carbocycles. The normalized spacial score (nSPS) is 23.6. The minimum Gasteiger partial charge on any atom is -0.461 e. The predicted molar refractivity (Wildman–Crippen MR) is 90.8 cm³/mol. The third-order valence-corrected chi connectivity index (χ3v) is 5.31. The van der Waals surface area contributed by atoms with E-state index in [0.717, 1.165) is 42.7 Å². The summed E-state index contributed by atoms with van der Waals surface area (Å²) in [6.07, 6.45) is 2.07. The van der Waals surface area contributed by atoms with Crippen molar-refractivity contribution in [3.8, 4) is 0 Å². The number of furan rings is 1. The van der Waals surface area contributed by atoms with E-state index >= 15 is 0 Å². The molecule has 5 heteroatoms. The summed E-state index contributed by atoms with van der Waals surface area (Å²) in [5.41, 5.74) is 1.51. The Balaban J connectivity index is 1.62. The highest BCUT2D eigenvalue weighted by molar-refractivity contribution is 5.98. The van der Waals surface area contributed by atoms with E-state index < -0.39 is 0 Å². The first-order valence-corrected chi connectivity index (χ1v) is 8.58. The number of nitrogens with zero attached hydrogens (tertiary/aromatic N) is 2. The average Bonchev–Trinajstić information content (AvgIpc) is 2.73. The SMILES string of the molecule is CC(=O)N1C[C@@H]2CC[C@H](C1)N(C(=O)c1ccc3oc(C)cc3c1)C2. The molecule has 5 nitrogen and oxygen atoms in total. The van der Waals surface area contributed by atoms with Crippen LogP contribution in [0.3, 0.4) is 0 Å². The van der Waals surface area contributed by atoms with Gasteiger partial charge in [-0.15, -0.1) is 0 Å². The second-order valence-electron chi connectivity index (χ2n) is 7.09. The van der Waals surface area contributed by atoms with Crippen LogP contribution in [0.5, 0.6) is 0 Å². The van der Waals surface area contributed by atoms with Crippen LogP contribution in [0.1, 0.15) is 35.9 Å². The molecule has 126 valence electrons. The summed E-state index contributed by atoms with van der Waals surface area (Å²) in [4.78, 5) is 28.7. The Labute approximate surface area is 141 Å². The lowest BCUT2D eigenvalue weighted by Gasteiger charge is -2.36. The number of fused-ring (bicyclic) bond motifs is 5. The van der Waals surface area contributed by atoms with Gasteiger partial charge < -0.3 is 14.2 Å². The van der Waals surface area contributed by atoms with Gasteiger partial charge in [0.05, 0.1) is 0 Å². The first-order chi connectivity index (χ1) is 11.5. The molecule has 0 aliphatic carbocycles. The number of amides is 2. The van der Waals surface area contributed by atoms with E-state index in [-0.39, 0.29) is 17.9 Å². The minimum absolute atomic E-state index is 0.0656. The number of carbonyl (C=O) groups excluding carboxylic acids is 2. The van der Waals surface area contributed by atoms with Gasteiger partial charge in [-0.25, -0.2) is 0 Å². The van der Waals surface area contributed by atoms with Gasteiger partial charge in [-0.3, -0.25) is 9.59 Å². The number of hydrogen-bond donors (Lipinski definition) is 0. The van der Waals surface area contributed by atoms with Crippen molar-refractivity contribution in [2.45, 2.75) is 32.7 Å². The van der Waals surface area contributed by atoms with Crippen molar-refractivity contribution >= 4 is 22.8 Å². The largest absolute Gasteiger partial charge is 0.461 e. The number of rotatable bonds is 1. The molecule has 2 bridgehead atoms. The Hall–Kier alpha value is -2.30. The van der Waals surface area contributed by atoms with Crippen LogP contribution in [0.2, 0.25) is 0 Å². The van der Waals surface area contributed by atoms with Crippen molar-refractivity contribution in [1.82, 2.24) is 9.80 Å². The van der Waals surface area contributed by atoms with Crippen LogP contribution < -0.4 is 0 Å². The Morgan fingerprint density at radius 3 is 2.75 bits per heavy atom. The van der Waals surface area contributed by atoms with Crippen molar-refractivity contribution in [1.29, 1.82) is 0 Å². The number of aryl methyl sites for hydroxylation is 1. The van der Waals surface area contributed by atoms with Crippen LogP contribution >= 0.6 is 0 Å². The zero-order chi connectivity index (χ0) is 16.8. The summed E-state index contributed by atoms with van der Waals surface area (Å²) in [6, 6.07) is 7.71. The summed E-state index contributed by atoms with van der Waals surface area (Å²) in [5, 5.41) is 0.962. The molecule has 0 N–H and O–H groups in total. The first-order valence-electron chi connectivity index (χ1n) is 8.58. The van der Waals surface area contributed by atoms with Crippen LogP contribution in [0.25, 0.3) is 11.0 Å². The molecule has 3 aliphatic rings. The fourth-order valence-electron chi connectivity index (χ4n) is 4.06. The smallest absolute Gasteiger partial charge is 0.254 e. The molecular weight excluding hydrogens is 304 g/mol. The molecule has 2 aromatic rings. The van der Waals surface area contributed by atoms with Gasteiger partial charge in [-0.2, -0.15) is 0 Å². The summed E-state index contributed by atoms with van der Waals surface area (Å²) >= 11 is 0. The zero-order valence-electron chi connectivity index (χ0n) is 14.1. The molecule has 2 amide bonds. The van der Waals surface area contributed by atoms with Gasteiger partial charge in [0.15, 0.2) is 0 Å². The van der Waals surface area contributed by atoms with Gasteiger partial charge in [-0.1, -0.05) is 0 Å². The predicted octanol–water partition coefficient (Wildman–Crippen LogP) is 2.82. The summed E-state index contributed by atoms with van der Waals surface area (Å²) in [6.45, 7) is 5.70. The molecule has 1 aromatic carbocycles. The number of carbonyl (C=O) groups is 2. The Kier molecular flexibility index (Phi) is 3.59. The summed E-state index contributed by atoms with van der Waals surface area (Å²) < 4.78 is 5.59. The maximum atomic E-state index is 13.1. The van der Waals surface area contributed by atoms with Crippen molar-refractivity contribution in [2.75, 3.05) is 19.6 Å². The van der Waals surface area contributed by atoms with Crippen LogP contribution in [-0.2, 0) is 4.79 Å². The highest BCUT2D eigenvalue weighted by Gasteiger charge is 2.38. The second-order valence-corrected chi connectivity index (χ2v) is 7.09. The fraction of sp³-hybridized carbons (Fsp3) is 0.474. The van der Waals surface area contributed by atoms with Gasteiger partial charge in [0.25, 0.3) is 5.91 Å². The first kappa shape index (κ1) is 15.2. The van der Waals surface area contributed by atoms with Crippen molar-refractivity contribution in [3.05, 3.63) is 35.6 Å². The Morgan fingerprint density at radius 2 is 1.96 bits per heavy atom. The Bertz CT molecular complexity index is 810. The maximum Gasteiger partial charge on any atom is 0.254 e. The van der Waals surface area contributed by atoms with E-state index in [1.807, 2.05) is 41.0 Å². The molecule has 0 radical (unpaired) electrons. The molecule has 3 saturated heterocycles.